The van der Waals surface area contributed by atoms with E-state index in [2.05, 4.69) is 0 Å². The Balaban J connectivity index is 2.99. The molecule has 0 radical (unpaired) electrons. The number of likely N-dealkylation sites (tertiary alicyclic amines) is 1. The van der Waals surface area contributed by atoms with Crippen molar-refractivity contribution < 1.29 is 58.6 Å². The number of hydrogen-bond donors (Lipinski definition) is 4. The largest absolute Gasteiger partial charge is 0.463 e. The second-order valence-electron chi connectivity index (χ2n) is 13.5. The van der Waals surface area contributed by atoms with Gasteiger partial charge in [-0.1, -0.05) is 13.8 Å². The molecule has 0 spiro atoms. The number of carbonyl (C=O) groups is 4. The maximum Gasteiger partial charge on any atom is 0.311 e. The van der Waals surface area contributed by atoms with Gasteiger partial charge >= 0.3 is 17.9 Å². The number of aliphatic hydroxyl groups is 4. The van der Waals surface area contributed by atoms with Gasteiger partial charge in [0.1, 0.15) is 32.0 Å². The number of carbonyl (C=O) groups excluding carboxylic acids is 4. The first-order chi connectivity index (χ1) is 20.9. The predicted octanol–water partition coefficient (Wildman–Crippen LogP) is 1.75. The van der Waals surface area contributed by atoms with E-state index in [0.29, 0.717) is 32.2 Å². The van der Waals surface area contributed by atoms with Gasteiger partial charge in [-0.3, -0.25) is 19.2 Å². The van der Waals surface area contributed by atoms with Crippen LogP contribution in [0.25, 0.3) is 0 Å². The summed E-state index contributed by atoms with van der Waals surface area (Å²) in [7, 11) is 0. The highest BCUT2D eigenvalue weighted by Gasteiger charge is 2.50. The van der Waals surface area contributed by atoms with Crippen LogP contribution in [0.3, 0.4) is 0 Å². The fourth-order valence-corrected chi connectivity index (χ4v) is 5.53. The molecule has 6 unspecified atom stereocenters. The van der Waals surface area contributed by atoms with Gasteiger partial charge < -0.3 is 44.3 Å². The van der Waals surface area contributed by atoms with Crippen LogP contribution in [0.15, 0.2) is 0 Å². The van der Waals surface area contributed by atoms with Crippen molar-refractivity contribution in [2.45, 2.75) is 118 Å². The minimum absolute atomic E-state index is 0.00579. The zero-order chi connectivity index (χ0) is 34.4. The molecule has 1 heterocycles. The molecular formula is C32H57NO12. The Labute approximate surface area is 267 Å². The number of amides is 1. The lowest BCUT2D eigenvalue weighted by Crippen LogP contribution is -2.45. The molecule has 1 fully saturated rings. The minimum Gasteiger partial charge on any atom is -0.463 e. The molecule has 4 N–H and O–H groups in total. The Hall–Kier alpha value is -2.32. The summed E-state index contributed by atoms with van der Waals surface area (Å²) < 4.78 is 21.8. The third-order valence-electron chi connectivity index (χ3n) is 8.37. The number of aliphatic hydroxyl groups excluding tert-OH is 4. The third kappa shape index (κ3) is 13.5. The van der Waals surface area contributed by atoms with E-state index in [9.17, 15) is 39.6 Å². The summed E-state index contributed by atoms with van der Waals surface area (Å²) in [6.07, 6.45) is -0.905. The number of hydrogen-bond acceptors (Lipinski definition) is 12. The summed E-state index contributed by atoms with van der Waals surface area (Å²) in [6, 6.07) is 0. The molecule has 13 nitrogen and oxygen atoms in total. The van der Waals surface area contributed by atoms with E-state index in [1.54, 1.807) is 46.4 Å². The Morgan fingerprint density at radius 3 is 2.00 bits per heavy atom. The van der Waals surface area contributed by atoms with Gasteiger partial charge in [0.15, 0.2) is 0 Å². The van der Waals surface area contributed by atoms with Gasteiger partial charge in [0, 0.05) is 13.0 Å². The quantitative estimate of drug-likeness (QED) is 0.0986. The lowest BCUT2D eigenvalue weighted by Gasteiger charge is -2.39. The van der Waals surface area contributed by atoms with Crippen LogP contribution in [-0.4, -0.2) is 120 Å². The van der Waals surface area contributed by atoms with Crippen LogP contribution in [0.2, 0.25) is 0 Å². The van der Waals surface area contributed by atoms with E-state index in [4.69, 9.17) is 18.9 Å². The Morgan fingerprint density at radius 1 is 0.844 bits per heavy atom. The van der Waals surface area contributed by atoms with Gasteiger partial charge in [0.25, 0.3) is 0 Å². The first-order valence-electron chi connectivity index (χ1n) is 16.0. The van der Waals surface area contributed by atoms with Crippen molar-refractivity contribution in [2.24, 2.45) is 16.2 Å². The fourth-order valence-electron chi connectivity index (χ4n) is 5.53. The molecule has 1 saturated heterocycles. The van der Waals surface area contributed by atoms with Gasteiger partial charge in [-0.25, -0.2) is 0 Å². The first-order valence-corrected chi connectivity index (χ1v) is 16.0. The van der Waals surface area contributed by atoms with Gasteiger partial charge in [0.2, 0.25) is 5.91 Å². The SMILES string of the molecule is CCC(O)CC(C)OCC(O)COC(=O)C(C)(C)CC(C)(CC(C)(CC)C(=O)OCCN1CCCC1=O)C(=O)OCC(O)CO. The van der Waals surface area contributed by atoms with E-state index >= 15 is 0 Å². The summed E-state index contributed by atoms with van der Waals surface area (Å²) in [6.45, 7) is 11.1. The molecule has 1 aliphatic heterocycles. The van der Waals surface area contributed by atoms with E-state index in [1.165, 1.54) is 0 Å². The lowest BCUT2D eigenvalue weighted by molar-refractivity contribution is -0.172. The second-order valence-corrected chi connectivity index (χ2v) is 13.5. The highest BCUT2D eigenvalue weighted by atomic mass is 16.6. The van der Waals surface area contributed by atoms with Crippen LogP contribution < -0.4 is 0 Å². The van der Waals surface area contributed by atoms with Crippen LogP contribution in [-0.2, 0) is 38.1 Å². The molecule has 1 aliphatic rings. The van der Waals surface area contributed by atoms with Crippen molar-refractivity contribution in [1.82, 2.24) is 4.90 Å². The standard InChI is InChI=1S/C32H57NO12/c1-8-23(35)15-22(3)43-18-25(37)19-44-27(39)30(4,5)20-32(7,29(41)45-17-24(36)16-34)21-31(6,9-2)28(40)42-14-13-33-12-10-11-26(33)38/h22-25,34-37H,8-21H2,1-7H3. The number of esters is 3. The van der Waals surface area contributed by atoms with Crippen molar-refractivity contribution in [3.8, 4) is 0 Å². The van der Waals surface area contributed by atoms with Gasteiger partial charge in [-0.15, -0.1) is 0 Å². The van der Waals surface area contributed by atoms with Crippen molar-refractivity contribution in [3.05, 3.63) is 0 Å². The van der Waals surface area contributed by atoms with E-state index in [-0.39, 0.29) is 51.2 Å². The average Bonchev–Trinajstić information content (AvgIpc) is 3.40. The minimum atomic E-state index is -1.44. The number of ether oxygens (including phenoxy) is 4. The third-order valence-corrected chi connectivity index (χ3v) is 8.37. The van der Waals surface area contributed by atoms with Crippen LogP contribution in [0.1, 0.15) is 93.4 Å². The highest BCUT2D eigenvalue weighted by Crippen LogP contribution is 2.46. The monoisotopic (exact) mass is 647 g/mol. The van der Waals surface area contributed by atoms with E-state index < -0.39 is 65.7 Å². The van der Waals surface area contributed by atoms with Crippen molar-refractivity contribution >= 4 is 23.8 Å². The molecule has 0 aliphatic carbocycles. The van der Waals surface area contributed by atoms with Crippen LogP contribution >= 0.6 is 0 Å². The zero-order valence-corrected chi connectivity index (χ0v) is 28.2. The summed E-state index contributed by atoms with van der Waals surface area (Å²) in [5, 5.41) is 39.0. The van der Waals surface area contributed by atoms with Crippen LogP contribution in [0, 0.1) is 16.2 Å². The van der Waals surface area contributed by atoms with Crippen molar-refractivity contribution in [1.29, 1.82) is 0 Å². The maximum absolute atomic E-state index is 13.5. The normalized spacial score (nSPS) is 19.2. The molecular weight excluding hydrogens is 590 g/mol. The summed E-state index contributed by atoms with van der Waals surface area (Å²) >= 11 is 0. The molecule has 0 saturated carbocycles. The molecule has 0 aromatic carbocycles. The van der Waals surface area contributed by atoms with Crippen LogP contribution in [0.4, 0.5) is 0 Å². The second kappa shape index (κ2) is 18.7. The maximum atomic E-state index is 13.5. The molecule has 1 amide bonds. The number of nitrogens with zero attached hydrogens (tertiary/aromatic N) is 1. The van der Waals surface area contributed by atoms with Gasteiger partial charge in [0.05, 0.1) is 48.2 Å². The van der Waals surface area contributed by atoms with Crippen molar-refractivity contribution in [2.75, 3.05) is 46.1 Å². The van der Waals surface area contributed by atoms with Crippen LogP contribution in [0.5, 0.6) is 0 Å². The Bertz CT molecular complexity index is 958. The topological polar surface area (TPSA) is 189 Å². The molecule has 0 bridgehead atoms. The van der Waals surface area contributed by atoms with E-state index in [1.807, 2.05) is 6.92 Å². The molecule has 13 heteroatoms. The van der Waals surface area contributed by atoms with Crippen molar-refractivity contribution in [3.63, 3.8) is 0 Å². The van der Waals surface area contributed by atoms with Gasteiger partial charge in [-0.2, -0.15) is 0 Å². The highest BCUT2D eigenvalue weighted by molar-refractivity contribution is 5.83. The smallest absolute Gasteiger partial charge is 0.311 e. The summed E-state index contributed by atoms with van der Waals surface area (Å²) in [5.41, 5.74) is -3.89. The Morgan fingerprint density at radius 2 is 1.44 bits per heavy atom. The first kappa shape index (κ1) is 40.7. The molecule has 45 heavy (non-hydrogen) atoms. The Kier molecular flexibility index (Phi) is 16.9. The molecule has 6 atom stereocenters. The molecule has 262 valence electrons. The molecule has 1 rings (SSSR count). The van der Waals surface area contributed by atoms with Gasteiger partial charge in [-0.05, 0) is 73.1 Å². The zero-order valence-electron chi connectivity index (χ0n) is 28.2. The summed E-state index contributed by atoms with van der Waals surface area (Å²) in [5.74, 6) is -2.01. The number of rotatable bonds is 22. The summed E-state index contributed by atoms with van der Waals surface area (Å²) in [4.78, 5) is 53.6. The fraction of sp³-hybridized carbons (Fsp3) is 0.875. The molecule has 0 aromatic heterocycles. The predicted molar refractivity (Wildman–Crippen MR) is 164 cm³/mol. The molecule has 0 aromatic rings. The van der Waals surface area contributed by atoms with E-state index in [0.717, 1.165) is 6.42 Å². The lowest BCUT2D eigenvalue weighted by atomic mass is 9.65. The average molecular weight is 648 g/mol.